The van der Waals surface area contributed by atoms with E-state index in [9.17, 15) is 18.4 Å². The molecule has 4 aliphatic heterocycles. The number of morpholine rings is 2. The SMILES string of the molecule is CS/C([S-])=N/N=C1/C(=O)N(CCN2CCOCC2)c2ccc(F)cc21.CS/C([S-])=N/N=C1/C(=O)N(CCN2CCOCC2)c2ccc(F)cc21.[Pt+2]. The van der Waals surface area contributed by atoms with Gasteiger partial charge in [0.2, 0.25) is 0 Å². The molecule has 2 fully saturated rings. The largest absolute Gasteiger partial charge is 2.00 e. The molecule has 6 rings (SSSR count). The molecule has 4 aliphatic rings. The maximum absolute atomic E-state index is 13.7. The second-order valence-electron chi connectivity index (χ2n) is 11.2. The smallest absolute Gasteiger partial charge is 0.752 e. The second-order valence-corrected chi connectivity index (χ2v) is 14.1. The quantitative estimate of drug-likeness (QED) is 0.170. The first kappa shape index (κ1) is 41.3. The van der Waals surface area contributed by atoms with E-state index in [0.717, 1.165) is 39.3 Å². The summed E-state index contributed by atoms with van der Waals surface area (Å²) in [6.07, 6.45) is 3.56. The minimum absolute atomic E-state index is 0. The number of amides is 2. The molecule has 0 N–H and O–H groups in total. The van der Waals surface area contributed by atoms with Crippen molar-refractivity contribution in [2.24, 2.45) is 20.4 Å². The van der Waals surface area contributed by atoms with Crippen molar-refractivity contribution in [3.8, 4) is 0 Å². The van der Waals surface area contributed by atoms with Gasteiger partial charge in [-0.05, 0) is 57.7 Å². The maximum Gasteiger partial charge on any atom is 2.00 e. The van der Waals surface area contributed by atoms with E-state index in [4.69, 9.17) is 34.7 Å². The van der Waals surface area contributed by atoms with Crippen molar-refractivity contribution in [2.75, 3.05) is 101 Å². The summed E-state index contributed by atoms with van der Waals surface area (Å²) in [5.41, 5.74) is 2.49. The Kier molecular flexibility index (Phi) is 16.3. The molecule has 0 bridgehead atoms. The zero-order valence-electron chi connectivity index (χ0n) is 27.9. The number of ether oxygens (including phenoxy) is 2. The molecule has 0 aliphatic carbocycles. The summed E-state index contributed by atoms with van der Waals surface area (Å²) in [5, 5.41) is 15.7. The average Bonchev–Trinajstić information content (AvgIpc) is 3.55. The number of nitrogens with zero attached hydrogens (tertiary/aromatic N) is 8. The molecule has 0 atom stereocenters. The van der Waals surface area contributed by atoms with Crippen LogP contribution in [0.25, 0.3) is 0 Å². The first-order valence-corrected chi connectivity index (χ1v) is 19.0. The van der Waals surface area contributed by atoms with Gasteiger partial charge < -0.3 is 44.5 Å². The van der Waals surface area contributed by atoms with Gasteiger partial charge in [-0.2, -0.15) is 10.2 Å². The van der Waals surface area contributed by atoms with E-state index in [0.29, 0.717) is 70.8 Å². The molecule has 4 heterocycles. The molecule has 0 aromatic heterocycles. The van der Waals surface area contributed by atoms with Gasteiger partial charge in [-0.1, -0.05) is 0 Å². The van der Waals surface area contributed by atoms with Crippen molar-refractivity contribution in [1.82, 2.24) is 9.80 Å². The Morgan fingerprint density at radius 3 is 1.41 bits per heavy atom. The number of halogens is 2. The number of carbonyl (C=O) groups excluding carboxylic acids is 2. The number of hydrogen-bond acceptors (Lipinski definition) is 14. The van der Waals surface area contributed by atoms with Gasteiger partial charge in [0.25, 0.3) is 11.8 Å². The van der Waals surface area contributed by atoms with Gasteiger partial charge in [-0.3, -0.25) is 19.4 Å². The van der Waals surface area contributed by atoms with Crippen molar-refractivity contribution in [3.05, 3.63) is 59.2 Å². The minimum Gasteiger partial charge on any atom is -0.752 e. The Balaban J connectivity index is 0.000000224. The van der Waals surface area contributed by atoms with E-state index < -0.39 is 11.6 Å². The predicted molar refractivity (Wildman–Crippen MR) is 202 cm³/mol. The Morgan fingerprint density at radius 2 is 1.06 bits per heavy atom. The first-order valence-electron chi connectivity index (χ1n) is 15.8. The minimum atomic E-state index is -0.415. The molecule has 2 aromatic carbocycles. The number of fused-ring (bicyclic) bond motifs is 2. The third-order valence-electron chi connectivity index (χ3n) is 8.20. The number of rotatable bonds is 8. The molecular formula is C32H36F2N8O4PtS4. The predicted octanol–water partition coefficient (Wildman–Crippen LogP) is 2.95. The molecule has 0 unspecified atom stereocenters. The first-order chi connectivity index (χ1) is 24.2. The molecule has 0 spiro atoms. The standard InChI is InChI=1S/2C16H19FN4O2S2.Pt/c2*1-25-16(24)19-18-14-12-10-11(17)2-3-13(12)21(15(14)22)5-4-20-6-8-23-9-7-20;/h2*2-3,10H,4-9H2,1H3,(H,19,24);/q;;+2/p-2/b2*18-14+;. The summed E-state index contributed by atoms with van der Waals surface area (Å²) in [7, 11) is 0. The fourth-order valence-corrected chi connectivity index (χ4v) is 5.93. The van der Waals surface area contributed by atoms with E-state index in [-0.39, 0.29) is 44.3 Å². The van der Waals surface area contributed by atoms with Crippen LogP contribution in [-0.2, 0) is 65.4 Å². The molecule has 2 saturated heterocycles. The van der Waals surface area contributed by atoms with Crippen LogP contribution in [0.15, 0.2) is 56.8 Å². The summed E-state index contributed by atoms with van der Waals surface area (Å²) < 4.78 is 38.6. The van der Waals surface area contributed by atoms with Gasteiger partial charge >= 0.3 is 21.1 Å². The number of benzene rings is 2. The van der Waals surface area contributed by atoms with Crippen molar-refractivity contribution in [2.45, 2.75) is 0 Å². The summed E-state index contributed by atoms with van der Waals surface area (Å²) in [5.74, 6) is -1.38. The normalized spacial score (nSPS) is 20.0. The van der Waals surface area contributed by atoms with Crippen molar-refractivity contribution >= 4 is 92.1 Å². The van der Waals surface area contributed by atoms with Gasteiger partial charge in [-0.15, -0.1) is 33.7 Å². The third kappa shape index (κ3) is 10.8. The van der Waals surface area contributed by atoms with Crippen LogP contribution in [0, 0.1) is 11.6 Å². The topological polar surface area (TPSA) is 115 Å². The molecule has 276 valence electrons. The van der Waals surface area contributed by atoms with E-state index in [1.54, 1.807) is 34.4 Å². The van der Waals surface area contributed by atoms with E-state index in [1.807, 2.05) is 0 Å². The van der Waals surface area contributed by atoms with Crippen molar-refractivity contribution < 1.29 is 48.9 Å². The fourth-order valence-electron chi connectivity index (χ4n) is 5.60. The third-order valence-corrected chi connectivity index (χ3v) is 10.2. The monoisotopic (exact) mass is 957 g/mol. The van der Waals surface area contributed by atoms with Crippen LogP contribution in [-0.4, -0.2) is 133 Å². The van der Waals surface area contributed by atoms with E-state index >= 15 is 0 Å². The Morgan fingerprint density at radius 1 is 0.686 bits per heavy atom. The zero-order chi connectivity index (χ0) is 35.6. The molecule has 2 aromatic rings. The number of carbonyl (C=O) groups is 2. The molecular weight excluding hydrogens is 922 g/mol. The van der Waals surface area contributed by atoms with Gasteiger partial charge in [0.05, 0.1) is 37.8 Å². The molecule has 0 radical (unpaired) electrons. The Labute approximate surface area is 329 Å². The molecule has 2 amide bonds. The van der Waals surface area contributed by atoms with Crippen molar-refractivity contribution in [1.29, 1.82) is 0 Å². The van der Waals surface area contributed by atoms with Crippen LogP contribution in [0.1, 0.15) is 11.1 Å². The molecule has 51 heavy (non-hydrogen) atoms. The summed E-state index contributed by atoms with van der Waals surface area (Å²) in [6, 6.07) is 8.55. The van der Waals surface area contributed by atoms with Crippen LogP contribution >= 0.6 is 23.5 Å². The van der Waals surface area contributed by atoms with Crippen LogP contribution in [0.3, 0.4) is 0 Å². The Hall–Kier alpha value is -2.41. The van der Waals surface area contributed by atoms with Crippen LogP contribution in [0.5, 0.6) is 0 Å². The Bertz CT molecular complexity index is 1570. The summed E-state index contributed by atoms with van der Waals surface area (Å²) >= 11 is 12.5. The fraction of sp³-hybridized carbons (Fsp3) is 0.438. The average molecular weight is 958 g/mol. The number of hydrogen-bond donors (Lipinski definition) is 0. The van der Waals surface area contributed by atoms with E-state index in [2.05, 4.69) is 30.2 Å². The van der Waals surface area contributed by atoms with Gasteiger partial charge in [0.1, 0.15) is 11.6 Å². The van der Waals surface area contributed by atoms with Crippen LogP contribution in [0.4, 0.5) is 20.2 Å². The van der Waals surface area contributed by atoms with Crippen molar-refractivity contribution in [3.63, 3.8) is 0 Å². The molecule has 0 saturated carbocycles. The number of thioether (sulfide) groups is 2. The van der Waals surface area contributed by atoms with Crippen LogP contribution in [0.2, 0.25) is 0 Å². The summed E-state index contributed by atoms with van der Waals surface area (Å²) in [6.45, 7) is 8.63. The van der Waals surface area contributed by atoms with Crippen LogP contribution < -0.4 is 9.80 Å². The molecule has 12 nitrogen and oxygen atoms in total. The van der Waals surface area contributed by atoms with Gasteiger partial charge in [0, 0.05) is 63.5 Å². The summed E-state index contributed by atoms with van der Waals surface area (Å²) in [4.78, 5) is 33.3. The number of anilines is 2. The zero-order valence-corrected chi connectivity index (χ0v) is 33.4. The maximum atomic E-state index is 13.7. The van der Waals surface area contributed by atoms with E-state index in [1.165, 1.54) is 47.8 Å². The van der Waals surface area contributed by atoms with Gasteiger partial charge in [-0.25, -0.2) is 8.78 Å². The van der Waals surface area contributed by atoms with Gasteiger partial charge in [0.15, 0.2) is 11.4 Å². The second kappa shape index (κ2) is 20.2. The molecule has 19 heteroatoms.